The maximum atomic E-state index is 13.9. The molecule has 2 aromatic heterocycles. The van der Waals surface area contributed by atoms with E-state index in [0.717, 1.165) is 10.5 Å². The predicted molar refractivity (Wildman–Crippen MR) is 79.9 cm³/mol. The number of alkyl halides is 1. The van der Waals surface area contributed by atoms with E-state index in [1.54, 1.807) is 23.6 Å². The van der Waals surface area contributed by atoms with Gasteiger partial charge in [0.05, 0.1) is 16.9 Å². The van der Waals surface area contributed by atoms with E-state index in [1.807, 2.05) is 29.9 Å². The Hall–Kier alpha value is -1.46. The highest BCUT2D eigenvalue weighted by atomic mass is 35.5. The lowest BCUT2D eigenvalue weighted by Crippen LogP contribution is -2.11. The summed E-state index contributed by atoms with van der Waals surface area (Å²) in [5, 5.41) is 2.58. The first-order valence-corrected chi connectivity index (χ1v) is 7.61. The lowest BCUT2D eigenvalue weighted by Gasteiger charge is -2.16. The fraction of sp³-hybridized carbons (Fsp3) is 0.286. The number of thiazole rings is 1. The average molecular weight is 310 g/mol. The molecule has 0 aliphatic rings. The topological polar surface area (TPSA) is 30.7 Å². The first-order chi connectivity index (χ1) is 9.59. The number of para-hydroxylation sites is 1. The van der Waals surface area contributed by atoms with Crippen molar-refractivity contribution in [3.63, 3.8) is 0 Å². The molecule has 0 radical (unpaired) electrons. The fourth-order valence-electron chi connectivity index (χ4n) is 2.34. The molecule has 0 aliphatic carbocycles. The highest BCUT2D eigenvalue weighted by molar-refractivity contribution is 7.09. The fourth-order valence-corrected chi connectivity index (χ4v) is 3.18. The molecular weight excluding hydrogens is 297 g/mol. The Bertz CT molecular complexity index is 736. The van der Waals surface area contributed by atoms with Crippen molar-refractivity contribution in [2.75, 3.05) is 0 Å². The van der Waals surface area contributed by atoms with Crippen LogP contribution in [0.4, 0.5) is 4.39 Å². The molecule has 104 valence electrons. The van der Waals surface area contributed by atoms with Gasteiger partial charge >= 0.3 is 0 Å². The van der Waals surface area contributed by atoms with E-state index in [-0.39, 0.29) is 17.2 Å². The number of imidazole rings is 1. The summed E-state index contributed by atoms with van der Waals surface area (Å²) in [4.78, 5) is 8.71. The van der Waals surface area contributed by atoms with Crippen LogP contribution < -0.4 is 0 Å². The summed E-state index contributed by atoms with van der Waals surface area (Å²) >= 11 is 7.78. The third kappa shape index (κ3) is 2.11. The number of nitrogens with zero attached hydrogens (tertiary/aromatic N) is 3. The Morgan fingerprint density at radius 1 is 1.35 bits per heavy atom. The Balaban J connectivity index is 2.27. The van der Waals surface area contributed by atoms with Gasteiger partial charge in [0.2, 0.25) is 0 Å². The van der Waals surface area contributed by atoms with Crippen molar-refractivity contribution >= 4 is 34.0 Å². The van der Waals surface area contributed by atoms with Crippen molar-refractivity contribution in [1.82, 2.24) is 14.5 Å². The molecule has 0 saturated heterocycles. The van der Waals surface area contributed by atoms with Crippen LogP contribution in [0.5, 0.6) is 0 Å². The summed E-state index contributed by atoms with van der Waals surface area (Å²) in [6, 6.07) is 4.93. The van der Waals surface area contributed by atoms with Crippen molar-refractivity contribution in [2.24, 2.45) is 0 Å². The predicted octanol–water partition coefficient (Wildman–Crippen LogP) is 4.54. The third-order valence-electron chi connectivity index (χ3n) is 3.25. The van der Waals surface area contributed by atoms with Crippen LogP contribution in [-0.4, -0.2) is 14.5 Å². The molecule has 2 heterocycles. The first kappa shape index (κ1) is 13.5. The van der Waals surface area contributed by atoms with Crippen LogP contribution in [0.3, 0.4) is 0 Å². The zero-order valence-corrected chi connectivity index (χ0v) is 12.6. The van der Waals surface area contributed by atoms with Gasteiger partial charge in [-0.1, -0.05) is 6.07 Å². The number of rotatable bonds is 3. The second kappa shape index (κ2) is 5.14. The molecule has 0 bridgehead atoms. The van der Waals surface area contributed by atoms with E-state index in [4.69, 9.17) is 11.6 Å². The second-order valence-electron chi connectivity index (χ2n) is 4.61. The molecule has 0 amide bonds. The Labute approximate surface area is 125 Å². The van der Waals surface area contributed by atoms with E-state index in [0.29, 0.717) is 11.3 Å². The van der Waals surface area contributed by atoms with Crippen LogP contribution in [0.1, 0.15) is 36.1 Å². The van der Waals surface area contributed by atoms with Crippen LogP contribution in [-0.2, 0) is 0 Å². The molecule has 0 saturated carbocycles. The van der Waals surface area contributed by atoms with Crippen LogP contribution in [0.15, 0.2) is 29.8 Å². The van der Waals surface area contributed by atoms with Gasteiger partial charge in [-0.15, -0.1) is 22.9 Å². The summed E-state index contributed by atoms with van der Waals surface area (Å²) < 4.78 is 15.9. The normalized spacial score (nSPS) is 14.6. The van der Waals surface area contributed by atoms with Crippen molar-refractivity contribution in [2.45, 2.75) is 25.3 Å². The van der Waals surface area contributed by atoms with Gasteiger partial charge in [-0.3, -0.25) is 0 Å². The molecule has 20 heavy (non-hydrogen) atoms. The molecule has 3 rings (SSSR count). The van der Waals surface area contributed by atoms with Gasteiger partial charge in [-0.2, -0.15) is 0 Å². The maximum absolute atomic E-state index is 13.9. The minimum Gasteiger partial charge on any atom is -0.317 e. The molecule has 0 N–H and O–H groups in total. The number of hydrogen-bond donors (Lipinski definition) is 0. The summed E-state index contributed by atoms with van der Waals surface area (Å²) in [5.74, 6) is 0.334. The maximum Gasteiger partial charge on any atom is 0.151 e. The highest BCUT2D eigenvalue weighted by Gasteiger charge is 2.22. The van der Waals surface area contributed by atoms with Gasteiger partial charge in [-0.05, 0) is 26.0 Å². The average Bonchev–Trinajstić information content (AvgIpc) is 3.06. The molecule has 3 aromatic rings. The number of halogens is 2. The molecule has 3 nitrogen and oxygen atoms in total. The molecule has 1 aromatic carbocycles. The number of aromatic nitrogens is 3. The standard InChI is InChI=1S/C14H13ClFN3S/c1-8(15)13-18-12-10(16)4-3-5-11(12)19(13)9(2)14-17-6-7-20-14/h3-9H,1-2H3. The molecule has 0 fully saturated rings. The van der Waals surface area contributed by atoms with Crippen LogP contribution >= 0.6 is 22.9 Å². The monoisotopic (exact) mass is 309 g/mol. The Morgan fingerprint density at radius 3 is 2.80 bits per heavy atom. The zero-order chi connectivity index (χ0) is 14.3. The molecule has 6 heteroatoms. The van der Waals surface area contributed by atoms with E-state index in [2.05, 4.69) is 9.97 Å². The molecular formula is C14H13ClFN3S. The molecule has 0 aliphatic heterocycles. The minimum atomic E-state index is -0.328. The van der Waals surface area contributed by atoms with E-state index in [1.165, 1.54) is 6.07 Å². The van der Waals surface area contributed by atoms with Gasteiger partial charge in [0.1, 0.15) is 16.3 Å². The van der Waals surface area contributed by atoms with Crippen molar-refractivity contribution in [3.05, 3.63) is 46.4 Å². The summed E-state index contributed by atoms with van der Waals surface area (Å²) in [6.07, 6.45) is 1.76. The van der Waals surface area contributed by atoms with Crippen molar-refractivity contribution in [3.8, 4) is 0 Å². The zero-order valence-electron chi connectivity index (χ0n) is 11.0. The number of benzene rings is 1. The van der Waals surface area contributed by atoms with Crippen molar-refractivity contribution in [1.29, 1.82) is 0 Å². The van der Waals surface area contributed by atoms with Gasteiger partial charge in [0.25, 0.3) is 0 Å². The number of fused-ring (bicyclic) bond motifs is 1. The second-order valence-corrected chi connectivity index (χ2v) is 6.19. The summed E-state index contributed by atoms with van der Waals surface area (Å²) in [5.41, 5.74) is 1.11. The van der Waals surface area contributed by atoms with E-state index < -0.39 is 0 Å². The van der Waals surface area contributed by atoms with Gasteiger partial charge in [0.15, 0.2) is 5.82 Å². The van der Waals surface area contributed by atoms with Gasteiger partial charge in [0, 0.05) is 11.6 Å². The highest BCUT2D eigenvalue weighted by Crippen LogP contribution is 2.32. The summed E-state index contributed by atoms with van der Waals surface area (Å²) in [6.45, 7) is 3.86. The molecule has 0 spiro atoms. The Morgan fingerprint density at radius 2 is 2.15 bits per heavy atom. The minimum absolute atomic E-state index is 0.0296. The number of hydrogen-bond acceptors (Lipinski definition) is 3. The van der Waals surface area contributed by atoms with Crippen LogP contribution in [0, 0.1) is 5.82 Å². The Kier molecular flexibility index (Phi) is 3.48. The smallest absolute Gasteiger partial charge is 0.151 e. The van der Waals surface area contributed by atoms with E-state index in [9.17, 15) is 4.39 Å². The van der Waals surface area contributed by atoms with Gasteiger partial charge < -0.3 is 4.57 Å². The quantitative estimate of drug-likeness (QED) is 0.665. The van der Waals surface area contributed by atoms with E-state index >= 15 is 0 Å². The first-order valence-electron chi connectivity index (χ1n) is 6.29. The lowest BCUT2D eigenvalue weighted by molar-refractivity contribution is 0.615. The van der Waals surface area contributed by atoms with Crippen molar-refractivity contribution < 1.29 is 4.39 Å². The third-order valence-corrected chi connectivity index (χ3v) is 4.39. The lowest BCUT2D eigenvalue weighted by atomic mass is 10.2. The molecule has 2 unspecified atom stereocenters. The van der Waals surface area contributed by atoms with Gasteiger partial charge in [-0.25, -0.2) is 14.4 Å². The van der Waals surface area contributed by atoms with Crippen LogP contribution in [0.25, 0.3) is 11.0 Å². The SMILES string of the molecule is CC(Cl)c1nc2c(F)cccc2n1C(C)c1nccs1. The summed E-state index contributed by atoms with van der Waals surface area (Å²) in [7, 11) is 0. The van der Waals surface area contributed by atoms with Crippen LogP contribution in [0.2, 0.25) is 0 Å². The molecule has 2 atom stereocenters. The largest absolute Gasteiger partial charge is 0.317 e.